The van der Waals surface area contributed by atoms with Gasteiger partial charge in [-0.05, 0) is 81.1 Å². The zero-order valence-electron chi connectivity index (χ0n) is 15.1. The number of hydrogen-bond acceptors (Lipinski definition) is 3. The fourth-order valence-corrected chi connectivity index (χ4v) is 6.57. The standard InChI is InChI=1S/C20H31N3O2/c24-19(15-4-1-7-21-15)22-10-12-3-2-8-23(11-12)20(25)18-16-13-5-6-14(9-13)17(16)18/h12-18,21H,1-11H2,(H,22,24)/t12-,13-,14-,15-,16+,17+/m0/s1. The second-order valence-corrected chi connectivity index (χ2v) is 9.20. The first-order valence-corrected chi connectivity index (χ1v) is 10.5. The number of fused-ring (bicyclic) bond motifs is 5. The van der Waals surface area contributed by atoms with Gasteiger partial charge in [-0.25, -0.2) is 0 Å². The Labute approximate surface area is 150 Å². The molecule has 0 aromatic heterocycles. The van der Waals surface area contributed by atoms with Crippen LogP contribution < -0.4 is 10.6 Å². The van der Waals surface area contributed by atoms with E-state index in [1.807, 2.05) is 0 Å². The normalized spacial score (nSPS) is 44.6. The topological polar surface area (TPSA) is 61.4 Å². The van der Waals surface area contributed by atoms with Crippen LogP contribution in [0, 0.1) is 35.5 Å². The number of likely N-dealkylation sites (tertiary alicyclic amines) is 1. The number of carbonyl (C=O) groups is 2. The molecule has 3 aliphatic carbocycles. The number of rotatable bonds is 4. The Balaban J connectivity index is 1.12. The lowest BCUT2D eigenvalue weighted by molar-refractivity contribution is -0.135. The van der Waals surface area contributed by atoms with E-state index >= 15 is 0 Å². The van der Waals surface area contributed by atoms with Crippen LogP contribution in [0.25, 0.3) is 0 Å². The van der Waals surface area contributed by atoms with Crippen LogP contribution in [0.1, 0.15) is 44.9 Å². The van der Waals surface area contributed by atoms with Gasteiger partial charge >= 0.3 is 0 Å². The number of piperidine rings is 1. The lowest BCUT2D eigenvalue weighted by atomic mass is 9.96. The molecule has 5 fully saturated rings. The van der Waals surface area contributed by atoms with Gasteiger partial charge < -0.3 is 15.5 Å². The van der Waals surface area contributed by atoms with Crippen LogP contribution in [0.3, 0.4) is 0 Å². The monoisotopic (exact) mass is 345 g/mol. The van der Waals surface area contributed by atoms with Gasteiger partial charge in [0.25, 0.3) is 0 Å². The molecule has 2 heterocycles. The third kappa shape index (κ3) is 2.79. The highest BCUT2D eigenvalue weighted by atomic mass is 16.2. The van der Waals surface area contributed by atoms with E-state index in [-0.39, 0.29) is 11.9 Å². The molecule has 0 unspecified atom stereocenters. The number of carbonyl (C=O) groups excluding carboxylic acids is 2. The highest BCUT2D eigenvalue weighted by Gasteiger charge is 2.68. The molecular weight excluding hydrogens is 314 g/mol. The second-order valence-electron chi connectivity index (χ2n) is 9.20. The van der Waals surface area contributed by atoms with Crippen molar-refractivity contribution in [3.8, 4) is 0 Å². The maximum atomic E-state index is 13.0. The largest absolute Gasteiger partial charge is 0.354 e. The summed E-state index contributed by atoms with van der Waals surface area (Å²) < 4.78 is 0. The van der Waals surface area contributed by atoms with Crippen molar-refractivity contribution in [2.45, 2.75) is 51.0 Å². The minimum atomic E-state index is 0.00244. The van der Waals surface area contributed by atoms with Gasteiger partial charge in [-0.15, -0.1) is 0 Å². The molecule has 2 aliphatic heterocycles. The number of nitrogens with zero attached hydrogens (tertiary/aromatic N) is 1. The van der Waals surface area contributed by atoms with E-state index in [1.54, 1.807) is 0 Å². The van der Waals surface area contributed by atoms with Gasteiger partial charge in [0.05, 0.1) is 6.04 Å². The molecule has 0 radical (unpaired) electrons. The third-order valence-corrected chi connectivity index (χ3v) is 7.79. The van der Waals surface area contributed by atoms with Gasteiger partial charge in [0.15, 0.2) is 0 Å². The Kier molecular flexibility index (Phi) is 4.03. The van der Waals surface area contributed by atoms with E-state index in [9.17, 15) is 9.59 Å². The zero-order valence-corrected chi connectivity index (χ0v) is 15.1. The van der Waals surface area contributed by atoms with Crippen molar-refractivity contribution in [1.29, 1.82) is 0 Å². The average Bonchev–Trinajstić information content (AvgIpc) is 3.07. The minimum Gasteiger partial charge on any atom is -0.354 e. The predicted octanol–water partition coefficient (Wildman–Crippen LogP) is 1.39. The minimum absolute atomic E-state index is 0.00244. The molecule has 0 aromatic carbocycles. The SMILES string of the molecule is O=C(NC[C@@H]1CCCN(C(=O)C2[C@@H]3[C@H]4CC[C@@H](C4)[C@@H]23)C1)[C@@H]1CCCN1. The molecule has 6 atom stereocenters. The average molecular weight is 345 g/mol. The molecule has 25 heavy (non-hydrogen) atoms. The third-order valence-electron chi connectivity index (χ3n) is 7.79. The molecule has 5 aliphatic rings. The molecule has 2 bridgehead atoms. The van der Waals surface area contributed by atoms with E-state index in [0.29, 0.717) is 17.7 Å². The molecule has 5 heteroatoms. The molecule has 138 valence electrons. The first-order valence-electron chi connectivity index (χ1n) is 10.5. The van der Waals surface area contributed by atoms with Gasteiger partial charge in [-0.3, -0.25) is 9.59 Å². The highest BCUT2D eigenvalue weighted by molar-refractivity contribution is 5.83. The van der Waals surface area contributed by atoms with E-state index < -0.39 is 0 Å². The summed E-state index contributed by atoms with van der Waals surface area (Å²) in [5.74, 6) is 4.58. The fraction of sp³-hybridized carbons (Fsp3) is 0.900. The number of hydrogen-bond donors (Lipinski definition) is 2. The summed E-state index contributed by atoms with van der Waals surface area (Å²) >= 11 is 0. The van der Waals surface area contributed by atoms with Crippen LogP contribution in [0.15, 0.2) is 0 Å². The molecule has 2 amide bonds. The fourth-order valence-electron chi connectivity index (χ4n) is 6.57. The molecule has 0 aromatic rings. The number of nitrogens with one attached hydrogen (secondary N) is 2. The lowest BCUT2D eigenvalue weighted by Crippen LogP contribution is -2.47. The van der Waals surface area contributed by atoms with Crippen molar-refractivity contribution in [3.05, 3.63) is 0 Å². The smallest absolute Gasteiger partial charge is 0.237 e. The van der Waals surface area contributed by atoms with Crippen LogP contribution in [0.4, 0.5) is 0 Å². The van der Waals surface area contributed by atoms with Crippen molar-refractivity contribution in [1.82, 2.24) is 15.5 Å². The van der Waals surface area contributed by atoms with E-state index in [1.165, 1.54) is 19.3 Å². The Morgan fingerprint density at radius 3 is 2.56 bits per heavy atom. The summed E-state index contributed by atoms with van der Waals surface area (Å²) in [7, 11) is 0. The number of amides is 2. The summed E-state index contributed by atoms with van der Waals surface area (Å²) in [6.07, 6.45) is 8.42. The van der Waals surface area contributed by atoms with Crippen LogP contribution in [0.5, 0.6) is 0 Å². The first-order chi connectivity index (χ1) is 12.2. The summed E-state index contributed by atoms with van der Waals surface area (Å²) in [6.45, 7) is 3.46. The van der Waals surface area contributed by atoms with Crippen LogP contribution in [-0.2, 0) is 9.59 Å². The van der Waals surface area contributed by atoms with E-state index in [2.05, 4.69) is 15.5 Å². The Bertz CT molecular complexity index is 543. The van der Waals surface area contributed by atoms with Crippen molar-refractivity contribution < 1.29 is 9.59 Å². The lowest BCUT2D eigenvalue weighted by Gasteiger charge is -2.33. The van der Waals surface area contributed by atoms with Gasteiger partial charge in [0.2, 0.25) is 11.8 Å². The van der Waals surface area contributed by atoms with Crippen LogP contribution >= 0.6 is 0 Å². The quantitative estimate of drug-likeness (QED) is 0.809. The molecule has 2 N–H and O–H groups in total. The summed E-state index contributed by atoms with van der Waals surface area (Å²) in [5.41, 5.74) is 0. The van der Waals surface area contributed by atoms with Crippen molar-refractivity contribution in [2.75, 3.05) is 26.2 Å². The molecular formula is C20H31N3O2. The summed E-state index contributed by atoms with van der Waals surface area (Å²) in [5, 5.41) is 6.38. The zero-order chi connectivity index (χ0) is 17.0. The van der Waals surface area contributed by atoms with E-state index in [4.69, 9.17) is 0 Å². The molecule has 5 rings (SSSR count). The maximum Gasteiger partial charge on any atom is 0.237 e. The summed E-state index contributed by atoms with van der Waals surface area (Å²) in [4.78, 5) is 27.3. The van der Waals surface area contributed by atoms with Crippen LogP contribution in [-0.4, -0.2) is 48.9 Å². The van der Waals surface area contributed by atoms with Gasteiger partial charge in [-0.2, -0.15) is 0 Å². The molecule has 2 saturated heterocycles. The highest BCUT2D eigenvalue weighted by Crippen LogP contribution is 2.69. The summed E-state index contributed by atoms with van der Waals surface area (Å²) in [6, 6.07) is 0.00244. The molecule has 5 nitrogen and oxygen atoms in total. The Morgan fingerprint density at radius 1 is 1.04 bits per heavy atom. The second kappa shape index (κ2) is 6.26. The molecule has 0 spiro atoms. The molecule has 3 saturated carbocycles. The van der Waals surface area contributed by atoms with Gasteiger partial charge in [0, 0.05) is 25.6 Å². The Morgan fingerprint density at radius 2 is 1.84 bits per heavy atom. The van der Waals surface area contributed by atoms with Gasteiger partial charge in [0.1, 0.15) is 0 Å². The van der Waals surface area contributed by atoms with Gasteiger partial charge in [-0.1, -0.05) is 0 Å². The predicted molar refractivity (Wildman–Crippen MR) is 94.6 cm³/mol. The van der Waals surface area contributed by atoms with Crippen molar-refractivity contribution in [3.63, 3.8) is 0 Å². The van der Waals surface area contributed by atoms with Crippen LogP contribution in [0.2, 0.25) is 0 Å². The maximum absolute atomic E-state index is 13.0. The van der Waals surface area contributed by atoms with Crippen molar-refractivity contribution >= 4 is 11.8 Å². The van der Waals surface area contributed by atoms with Crippen molar-refractivity contribution in [2.24, 2.45) is 35.5 Å². The first kappa shape index (κ1) is 16.1. The van der Waals surface area contributed by atoms with E-state index in [0.717, 1.165) is 75.5 Å². The Hall–Kier alpha value is -1.10.